The minimum atomic E-state index is -0.0291. The van der Waals surface area contributed by atoms with Gasteiger partial charge in [0.1, 0.15) is 0 Å². The van der Waals surface area contributed by atoms with Crippen molar-refractivity contribution in [1.29, 1.82) is 0 Å². The second-order valence-corrected chi connectivity index (χ2v) is 5.88. The molecule has 1 amide bonds. The fraction of sp³-hybridized carbons (Fsp3) is 0.222. The third kappa shape index (κ3) is 2.34. The molecule has 0 unspecified atom stereocenters. The summed E-state index contributed by atoms with van der Waals surface area (Å²) in [6, 6.07) is 13.9. The van der Waals surface area contributed by atoms with Crippen LogP contribution in [0.5, 0.6) is 0 Å². The molecule has 0 aliphatic carbocycles. The first kappa shape index (κ1) is 13.8. The van der Waals surface area contributed by atoms with Gasteiger partial charge in [0, 0.05) is 30.7 Å². The van der Waals surface area contributed by atoms with Crippen LogP contribution in [0.25, 0.3) is 10.9 Å². The van der Waals surface area contributed by atoms with Gasteiger partial charge in [-0.2, -0.15) is 5.10 Å². The maximum atomic E-state index is 12.9. The van der Waals surface area contributed by atoms with E-state index in [0.29, 0.717) is 18.8 Å². The second kappa shape index (κ2) is 5.43. The van der Waals surface area contributed by atoms with E-state index in [0.717, 1.165) is 28.7 Å². The van der Waals surface area contributed by atoms with Gasteiger partial charge in [0.25, 0.3) is 5.91 Å². The van der Waals surface area contributed by atoms with Crippen LogP contribution in [0.3, 0.4) is 0 Å². The van der Waals surface area contributed by atoms with Crippen LogP contribution < -0.4 is 5.32 Å². The fourth-order valence-electron chi connectivity index (χ4n) is 3.16. The van der Waals surface area contributed by atoms with E-state index in [1.165, 1.54) is 5.56 Å². The summed E-state index contributed by atoms with van der Waals surface area (Å²) < 4.78 is 0. The molecule has 0 fully saturated rings. The molecule has 5 nitrogen and oxygen atoms in total. The van der Waals surface area contributed by atoms with Crippen molar-refractivity contribution >= 4 is 22.5 Å². The molecule has 1 aromatic heterocycles. The van der Waals surface area contributed by atoms with Gasteiger partial charge in [-0.05, 0) is 24.1 Å². The molecule has 2 N–H and O–H groups in total. The van der Waals surface area contributed by atoms with Gasteiger partial charge in [-0.15, -0.1) is 0 Å². The van der Waals surface area contributed by atoms with Gasteiger partial charge in [0.2, 0.25) is 0 Å². The lowest BCUT2D eigenvalue weighted by Crippen LogP contribution is -2.33. The number of aromatic nitrogens is 2. The summed E-state index contributed by atoms with van der Waals surface area (Å²) >= 11 is 0. The molecule has 116 valence electrons. The van der Waals surface area contributed by atoms with Gasteiger partial charge < -0.3 is 10.2 Å². The number of aryl methyl sites for hydroxylation is 1. The van der Waals surface area contributed by atoms with Crippen molar-refractivity contribution in [3.05, 3.63) is 59.3 Å². The quantitative estimate of drug-likeness (QED) is 0.726. The smallest absolute Gasteiger partial charge is 0.275 e. The highest BCUT2D eigenvalue weighted by Gasteiger charge is 2.23. The maximum Gasteiger partial charge on any atom is 0.275 e. The average Bonchev–Trinajstić information content (AvgIpc) is 2.86. The number of H-pyrrole nitrogens is 1. The van der Waals surface area contributed by atoms with Crippen molar-refractivity contribution in [2.24, 2.45) is 0 Å². The highest BCUT2D eigenvalue weighted by atomic mass is 16.2. The molecule has 23 heavy (non-hydrogen) atoms. The number of aromatic amines is 1. The van der Waals surface area contributed by atoms with Crippen molar-refractivity contribution in [1.82, 2.24) is 15.1 Å². The predicted molar refractivity (Wildman–Crippen MR) is 90.5 cm³/mol. The van der Waals surface area contributed by atoms with Crippen molar-refractivity contribution < 1.29 is 4.79 Å². The van der Waals surface area contributed by atoms with Crippen LogP contribution in [0.15, 0.2) is 42.5 Å². The molecule has 1 aliphatic heterocycles. The zero-order valence-electron chi connectivity index (χ0n) is 13.0. The lowest BCUT2D eigenvalue weighted by Gasteiger charge is -2.19. The molecule has 0 spiro atoms. The number of anilines is 1. The Bertz CT molecular complexity index is 884. The highest BCUT2D eigenvalue weighted by molar-refractivity contribution is 6.04. The fourth-order valence-corrected chi connectivity index (χ4v) is 3.16. The number of rotatable bonds is 1. The van der Waals surface area contributed by atoms with Gasteiger partial charge in [0.15, 0.2) is 5.69 Å². The van der Waals surface area contributed by atoms with Crippen LogP contribution in [-0.2, 0) is 6.54 Å². The molecule has 0 bridgehead atoms. The summed E-state index contributed by atoms with van der Waals surface area (Å²) in [5.41, 5.74) is 4.89. The Hall–Kier alpha value is -2.82. The van der Waals surface area contributed by atoms with Crippen LogP contribution in [0, 0.1) is 6.92 Å². The van der Waals surface area contributed by atoms with Gasteiger partial charge in [-0.3, -0.25) is 9.89 Å². The molecule has 5 heteroatoms. The first-order valence-electron chi connectivity index (χ1n) is 7.79. The van der Waals surface area contributed by atoms with Crippen LogP contribution in [-0.4, -0.2) is 34.1 Å². The number of amides is 1. The minimum Gasteiger partial charge on any atom is -0.383 e. The van der Waals surface area contributed by atoms with Crippen LogP contribution in [0.1, 0.15) is 21.6 Å². The molecule has 0 atom stereocenters. The van der Waals surface area contributed by atoms with Gasteiger partial charge >= 0.3 is 0 Å². The number of nitrogens with one attached hydrogen (secondary N) is 2. The average molecular weight is 306 g/mol. The Morgan fingerprint density at radius 3 is 2.96 bits per heavy atom. The lowest BCUT2D eigenvalue weighted by atomic mass is 10.1. The SMILES string of the molecule is Cc1cccc2c1NCCN(C(=O)c1n[nH]c3ccccc13)C2. The Morgan fingerprint density at radius 1 is 1.17 bits per heavy atom. The predicted octanol–water partition coefficient (Wildman–Crippen LogP) is 2.94. The Morgan fingerprint density at radius 2 is 2.04 bits per heavy atom. The van der Waals surface area contributed by atoms with Crippen LogP contribution >= 0.6 is 0 Å². The maximum absolute atomic E-state index is 12.9. The van der Waals surface area contributed by atoms with E-state index >= 15 is 0 Å². The zero-order chi connectivity index (χ0) is 15.8. The Balaban J connectivity index is 1.69. The van der Waals surface area contributed by atoms with Gasteiger partial charge in [-0.25, -0.2) is 0 Å². The second-order valence-electron chi connectivity index (χ2n) is 5.88. The van der Waals surface area contributed by atoms with E-state index < -0.39 is 0 Å². The summed E-state index contributed by atoms with van der Waals surface area (Å²) in [5, 5.41) is 11.5. The molecule has 1 aliphatic rings. The van der Waals surface area contributed by atoms with E-state index in [9.17, 15) is 4.79 Å². The van der Waals surface area contributed by atoms with Gasteiger partial charge in [0.05, 0.1) is 5.52 Å². The lowest BCUT2D eigenvalue weighted by molar-refractivity contribution is 0.0749. The van der Waals surface area contributed by atoms with Crippen molar-refractivity contribution in [3.8, 4) is 0 Å². The van der Waals surface area contributed by atoms with E-state index in [4.69, 9.17) is 0 Å². The third-order valence-corrected chi connectivity index (χ3v) is 4.36. The number of nitrogens with zero attached hydrogens (tertiary/aromatic N) is 2. The topological polar surface area (TPSA) is 61.0 Å². The molecule has 4 rings (SSSR count). The zero-order valence-corrected chi connectivity index (χ0v) is 13.0. The minimum absolute atomic E-state index is 0.0291. The van der Waals surface area contributed by atoms with Crippen molar-refractivity contribution in [3.63, 3.8) is 0 Å². The van der Waals surface area contributed by atoms with Gasteiger partial charge in [-0.1, -0.05) is 36.4 Å². The summed E-state index contributed by atoms with van der Waals surface area (Å²) in [5.74, 6) is -0.0291. The Labute approximate surface area is 134 Å². The number of para-hydroxylation sites is 2. The van der Waals surface area contributed by atoms with Crippen LogP contribution in [0.4, 0.5) is 5.69 Å². The summed E-state index contributed by atoms with van der Waals surface area (Å²) in [6.07, 6.45) is 0. The number of fused-ring (bicyclic) bond motifs is 2. The Kier molecular flexibility index (Phi) is 3.26. The molecule has 0 saturated carbocycles. The molecule has 3 aromatic rings. The number of benzene rings is 2. The van der Waals surface area contributed by atoms with E-state index in [2.05, 4.69) is 34.6 Å². The molecule has 2 aromatic carbocycles. The van der Waals surface area contributed by atoms with E-state index in [1.54, 1.807) is 0 Å². The molecular weight excluding hydrogens is 288 g/mol. The number of carbonyl (C=O) groups is 1. The number of hydrogen-bond donors (Lipinski definition) is 2. The third-order valence-electron chi connectivity index (χ3n) is 4.36. The standard InChI is InChI=1S/C18H18N4O/c1-12-5-4-6-13-11-22(10-9-19-16(12)13)18(23)17-14-7-2-3-8-15(14)20-21-17/h2-8,19H,9-11H2,1H3,(H,20,21). The number of carbonyl (C=O) groups excluding carboxylic acids is 1. The van der Waals surface area contributed by atoms with Crippen molar-refractivity contribution in [2.75, 3.05) is 18.4 Å². The summed E-state index contributed by atoms with van der Waals surface area (Å²) in [6.45, 7) is 4.09. The summed E-state index contributed by atoms with van der Waals surface area (Å²) in [7, 11) is 0. The van der Waals surface area contributed by atoms with E-state index in [1.807, 2.05) is 35.2 Å². The normalized spacial score (nSPS) is 14.2. The highest BCUT2D eigenvalue weighted by Crippen LogP contribution is 2.25. The largest absolute Gasteiger partial charge is 0.383 e. The van der Waals surface area contributed by atoms with Crippen LogP contribution in [0.2, 0.25) is 0 Å². The van der Waals surface area contributed by atoms with E-state index in [-0.39, 0.29) is 5.91 Å². The summed E-state index contributed by atoms with van der Waals surface area (Å²) in [4.78, 5) is 14.8. The monoisotopic (exact) mass is 306 g/mol. The number of hydrogen-bond acceptors (Lipinski definition) is 3. The first-order chi connectivity index (χ1) is 11.2. The molecule has 0 saturated heterocycles. The molecule has 0 radical (unpaired) electrons. The molecule has 2 heterocycles. The van der Waals surface area contributed by atoms with Crippen molar-refractivity contribution in [2.45, 2.75) is 13.5 Å². The molecular formula is C18H18N4O. The first-order valence-corrected chi connectivity index (χ1v) is 7.79.